The molecule has 1 aliphatic carbocycles. The molecule has 2 aromatic rings. The number of aliphatic hydroxyl groups is 1. The van der Waals surface area contributed by atoms with Gasteiger partial charge in [-0.05, 0) is 43.4 Å². The third-order valence-corrected chi connectivity index (χ3v) is 6.18. The molecule has 0 unspecified atom stereocenters. The monoisotopic (exact) mass is 394 g/mol. The average molecular weight is 395 g/mol. The van der Waals surface area contributed by atoms with Crippen LogP contribution >= 0.6 is 0 Å². The highest BCUT2D eigenvalue weighted by Gasteiger charge is 2.40. The minimum atomic E-state index is -0.601. The zero-order valence-electron chi connectivity index (χ0n) is 17.2. The lowest BCUT2D eigenvalue weighted by Gasteiger charge is -2.34. The van der Waals surface area contributed by atoms with E-state index in [1.807, 2.05) is 36.4 Å². The average Bonchev–Trinajstić information content (AvgIpc) is 2.92. The molecule has 5 heteroatoms. The fraction of sp³-hybridized carbons (Fsp3) is 0.417. The maximum Gasteiger partial charge on any atom is 0.253 e. The molecule has 0 saturated heterocycles. The van der Waals surface area contributed by atoms with Crippen molar-refractivity contribution in [3.05, 3.63) is 71.8 Å². The number of likely N-dealkylation sites (N-methyl/N-ethyl adjacent to an activating group) is 1. The summed E-state index contributed by atoms with van der Waals surface area (Å²) in [6.07, 6.45) is 2.18. The first-order valence-electron chi connectivity index (χ1n) is 10.2. The van der Waals surface area contributed by atoms with E-state index in [-0.39, 0.29) is 23.3 Å². The standard InChI is InChI=1S/C24H30N2O3/c1-18(27)25-17-24(20-11-7-4-8-12-20)15-13-21(22(28)14-16-24)26(2)23(29)19-9-5-3-6-10-19/h3-12,21-22,28H,13-17H2,1-2H3,(H,25,27)/t21-,22-,24+/m0/s1. The van der Waals surface area contributed by atoms with Crippen molar-refractivity contribution in [1.29, 1.82) is 0 Å². The van der Waals surface area contributed by atoms with Crippen molar-refractivity contribution in [2.24, 2.45) is 0 Å². The molecule has 0 spiro atoms. The lowest BCUT2D eigenvalue weighted by molar-refractivity contribution is -0.119. The Hall–Kier alpha value is -2.66. The first-order valence-corrected chi connectivity index (χ1v) is 10.2. The van der Waals surface area contributed by atoms with Crippen molar-refractivity contribution in [3.8, 4) is 0 Å². The molecular weight excluding hydrogens is 364 g/mol. The van der Waals surface area contributed by atoms with Crippen molar-refractivity contribution in [2.45, 2.75) is 50.2 Å². The van der Waals surface area contributed by atoms with E-state index in [2.05, 4.69) is 17.4 Å². The van der Waals surface area contributed by atoms with Crippen LogP contribution in [0.1, 0.15) is 48.5 Å². The number of aliphatic hydroxyl groups excluding tert-OH is 1. The summed E-state index contributed by atoms with van der Waals surface area (Å²) in [5.41, 5.74) is 1.54. The third-order valence-electron chi connectivity index (χ3n) is 6.18. The quantitative estimate of drug-likeness (QED) is 0.766. The summed E-state index contributed by atoms with van der Waals surface area (Å²) in [6.45, 7) is 2.06. The molecule has 0 radical (unpaired) electrons. The van der Waals surface area contributed by atoms with Gasteiger partial charge in [-0.2, -0.15) is 0 Å². The Bertz CT molecular complexity index is 825. The number of amides is 2. The summed E-state index contributed by atoms with van der Waals surface area (Å²) in [7, 11) is 1.77. The number of hydrogen-bond acceptors (Lipinski definition) is 3. The molecule has 1 saturated carbocycles. The van der Waals surface area contributed by atoms with Crippen molar-refractivity contribution >= 4 is 11.8 Å². The SMILES string of the molecule is CC(=O)NC[C@]1(c2ccccc2)CC[C@H](O)[C@@H](N(C)C(=O)c2ccccc2)CC1. The molecule has 3 atom stereocenters. The van der Waals surface area contributed by atoms with Crippen LogP contribution in [-0.2, 0) is 10.2 Å². The predicted molar refractivity (Wildman–Crippen MR) is 114 cm³/mol. The molecule has 2 amide bonds. The van der Waals surface area contributed by atoms with Crippen LogP contribution in [0.2, 0.25) is 0 Å². The molecule has 1 aliphatic rings. The van der Waals surface area contributed by atoms with Crippen LogP contribution in [0, 0.1) is 0 Å². The first-order chi connectivity index (χ1) is 13.9. The van der Waals surface area contributed by atoms with E-state index in [1.54, 1.807) is 24.1 Å². The van der Waals surface area contributed by atoms with Crippen LogP contribution < -0.4 is 5.32 Å². The number of carbonyl (C=O) groups excluding carboxylic acids is 2. The minimum absolute atomic E-state index is 0.0574. The molecular formula is C24H30N2O3. The van der Waals surface area contributed by atoms with Crippen LogP contribution in [0.3, 0.4) is 0 Å². The van der Waals surface area contributed by atoms with Crippen LogP contribution in [0.4, 0.5) is 0 Å². The second-order valence-corrected chi connectivity index (χ2v) is 8.05. The Labute approximate surface area is 172 Å². The zero-order valence-corrected chi connectivity index (χ0v) is 17.2. The van der Waals surface area contributed by atoms with Crippen molar-refractivity contribution in [3.63, 3.8) is 0 Å². The van der Waals surface area contributed by atoms with Gasteiger partial charge in [-0.1, -0.05) is 48.5 Å². The summed E-state index contributed by atoms with van der Waals surface area (Å²) in [5.74, 6) is -0.137. The summed E-state index contributed by atoms with van der Waals surface area (Å²) < 4.78 is 0. The topological polar surface area (TPSA) is 69.6 Å². The molecule has 1 fully saturated rings. The number of nitrogens with zero attached hydrogens (tertiary/aromatic N) is 1. The fourth-order valence-electron chi connectivity index (χ4n) is 4.40. The molecule has 154 valence electrons. The Balaban J connectivity index is 1.83. The number of hydrogen-bond donors (Lipinski definition) is 2. The Kier molecular flexibility index (Phi) is 6.70. The third kappa shape index (κ3) is 4.85. The van der Waals surface area contributed by atoms with E-state index in [0.717, 1.165) is 12.8 Å². The first kappa shape index (κ1) is 21.1. The summed E-state index contributed by atoms with van der Waals surface area (Å²) in [5, 5.41) is 13.9. The summed E-state index contributed by atoms with van der Waals surface area (Å²) in [6, 6.07) is 19.1. The van der Waals surface area contributed by atoms with Gasteiger partial charge in [0.15, 0.2) is 0 Å². The van der Waals surface area contributed by atoms with Crippen molar-refractivity contribution in [2.75, 3.05) is 13.6 Å². The Morgan fingerprint density at radius 2 is 1.62 bits per heavy atom. The number of nitrogens with one attached hydrogen (secondary N) is 1. The normalized spacial score (nSPS) is 24.4. The second kappa shape index (κ2) is 9.23. The second-order valence-electron chi connectivity index (χ2n) is 8.05. The van der Waals surface area contributed by atoms with Gasteiger partial charge in [0.1, 0.15) is 0 Å². The fourth-order valence-corrected chi connectivity index (χ4v) is 4.40. The predicted octanol–water partition coefficient (Wildman–Crippen LogP) is 3.14. The van der Waals surface area contributed by atoms with Gasteiger partial charge in [0.25, 0.3) is 5.91 Å². The lowest BCUT2D eigenvalue weighted by Crippen LogP contribution is -2.44. The van der Waals surface area contributed by atoms with Gasteiger partial charge >= 0.3 is 0 Å². The largest absolute Gasteiger partial charge is 0.391 e. The smallest absolute Gasteiger partial charge is 0.253 e. The lowest BCUT2D eigenvalue weighted by atomic mass is 9.74. The number of carbonyl (C=O) groups is 2. The van der Waals surface area contributed by atoms with E-state index >= 15 is 0 Å². The van der Waals surface area contributed by atoms with Gasteiger partial charge in [-0.25, -0.2) is 0 Å². The molecule has 29 heavy (non-hydrogen) atoms. The van der Waals surface area contributed by atoms with Crippen LogP contribution in [0.5, 0.6) is 0 Å². The van der Waals surface area contributed by atoms with E-state index in [0.29, 0.717) is 24.9 Å². The molecule has 0 aromatic heterocycles. The van der Waals surface area contributed by atoms with Crippen LogP contribution in [0.15, 0.2) is 60.7 Å². The highest BCUT2D eigenvalue weighted by molar-refractivity contribution is 5.94. The van der Waals surface area contributed by atoms with Gasteiger partial charge in [0, 0.05) is 31.5 Å². The van der Waals surface area contributed by atoms with E-state index in [4.69, 9.17) is 0 Å². The van der Waals surface area contributed by atoms with Gasteiger partial charge in [-0.3, -0.25) is 9.59 Å². The van der Waals surface area contributed by atoms with Crippen LogP contribution in [-0.4, -0.2) is 47.6 Å². The minimum Gasteiger partial charge on any atom is -0.391 e. The van der Waals surface area contributed by atoms with Gasteiger partial charge in [0.05, 0.1) is 12.1 Å². The maximum absolute atomic E-state index is 12.9. The Morgan fingerprint density at radius 3 is 2.24 bits per heavy atom. The van der Waals surface area contributed by atoms with Gasteiger partial charge in [-0.15, -0.1) is 0 Å². The number of benzene rings is 2. The summed E-state index contributed by atoms with van der Waals surface area (Å²) in [4.78, 5) is 26.2. The van der Waals surface area contributed by atoms with E-state index < -0.39 is 6.10 Å². The van der Waals surface area contributed by atoms with Crippen molar-refractivity contribution < 1.29 is 14.7 Å². The van der Waals surface area contributed by atoms with E-state index in [9.17, 15) is 14.7 Å². The Morgan fingerprint density at radius 1 is 1.03 bits per heavy atom. The molecule has 2 aromatic carbocycles. The van der Waals surface area contributed by atoms with Gasteiger partial charge < -0.3 is 15.3 Å². The molecule has 5 nitrogen and oxygen atoms in total. The highest BCUT2D eigenvalue weighted by Crippen LogP contribution is 2.39. The molecule has 2 N–H and O–H groups in total. The van der Waals surface area contributed by atoms with Crippen molar-refractivity contribution in [1.82, 2.24) is 10.2 Å². The zero-order chi connectivity index (χ0) is 20.9. The van der Waals surface area contributed by atoms with Crippen LogP contribution in [0.25, 0.3) is 0 Å². The van der Waals surface area contributed by atoms with Gasteiger partial charge in [0.2, 0.25) is 5.91 Å². The number of rotatable bonds is 5. The molecule has 0 bridgehead atoms. The molecule has 0 heterocycles. The molecule has 0 aliphatic heterocycles. The highest BCUT2D eigenvalue weighted by atomic mass is 16.3. The maximum atomic E-state index is 12.9. The summed E-state index contributed by atoms with van der Waals surface area (Å²) >= 11 is 0. The van der Waals surface area contributed by atoms with E-state index in [1.165, 1.54) is 12.5 Å². The molecule has 3 rings (SSSR count).